The van der Waals surface area contributed by atoms with Crippen molar-refractivity contribution in [1.82, 2.24) is 0 Å². The van der Waals surface area contributed by atoms with Crippen molar-refractivity contribution in [3.05, 3.63) is 0 Å². The molecule has 0 aliphatic carbocycles. The lowest BCUT2D eigenvalue weighted by molar-refractivity contribution is -0.0971. The quantitative estimate of drug-likeness (QED) is 0.544. The second kappa shape index (κ2) is 3.03. The van der Waals surface area contributed by atoms with E-state index in [0.717, 1.165) is 13.2 Å². The highest BCUT2D eigenvalue weighted by atomic mass is 28.3. The van der Waals surface area contributed by atoms with Crippen molar-refractivity contribution in [1.29, 1.82) is 0 Å². The average molecular weight is 160 g/mol. The molecule has 0 N–H and O–H groups in total. The smallest absolute Gasteiger partial charge is 0.146 e. The molecule has 0 saturated carbocycles. The van der Waals surface area contributed by atoms with E-state index in [-0.39, 0.29) is 0 Å². The van der Waals surface area contributed by atoms with Crippen molar-refractivity contribution in [2.75, 3.05) is 20.0 Å². The van der Waals surface area contributed by atoms with Gasteiger partial charge in [-0.05, 0) is 0 Å². The predicted molar refractivity (Wildman–Crippen MR) is 43.9 cm³/mol. The third kappa shape index (κ3) is 2.07. The first-order valence-electron chi connectivity index (χ1n) is 3.76. The zero-order valence-corrected chi connectivity index (χ0v) is 8.02. The van der Waals surface area contributed by atoms with Crippen molar-refractivity contribution in [2.45, 2.75) is 25.2 Å². The van der Waals surface area contributed by atoms with Crippen LogP contribution in [0.25, 0.3) is 0 Å². The van der Waals surface area contributed by atoms with Gasteiger partial charge in [0.15, 0.2) is 0 Å². The molecule has 0 bridgehead atoms. The van der Waals surface area contributed by atoms with Crippen LogP contribution < -0.4 is 0 Å². The fraction of sp³-hybridized carbons (Fsp3) is 1.00. The van der Waals surface area contributed by atoms with Gasteiger partial charge in [0.1, 0.15) is 6.79 Å². The Bertz CT molecular complexity index is 103. The molecule has 0 aromatic carbocycles. The zero-order valence-electron chi connectivity index (χ0n) is 7.02. The van der Waals surface area contributed by atoms with Crippen molar-refractivity contribution in [2.24, 2.45) is 0 Å². The van der Waals surface area contributed by atoms with Gasteiger partial charge in [0.25, 0.3) is 0 Å². The second-order valence-electron chi connectivity index (χ2n) is 3.92. The van der Waals surface area contributed by atoms with Crippen LogP contribution >= 0.6 is 0 Å². The van der Waals surface area contributed by atoms with Crippen molar-refractivity contribution in [3.63, 3.8) is 0 Å². The minimum absolute atomic E-state index is 0.501. The van der Waals surface area contributed by atoms with E-state index < -0.39 is 8.07 Å². The van der Waals surface area contributed by atoms with Crippen LogP contribution in [0.5, 0.6) is 0 Å². The van der Waals surface area contributed by atoms with Gasteiger partial charge in [-0.3, -0.25) is 0 Å². The van der Waals surface area contributed by atoms with Gasteiger partial charge in [0.05, 0.1) is 21.3 Å². The van der Waals surface area contributed by atoms with Crippen molar-refractivity contribution < 1.29 is 9.47 Å². The van der Waals surface area contributed by atoms with Gasteiger partial charge in [0.2, 0.25) is 0 Å². The standard InChI is InChI=1S/C7H16O2Si/c1-10(2,3)7-4-8-6-9-5-7/h7H,4-6H2,1-3H3. The van der Waals surface area contributed by atoms with Gasteiger partial charge in [0, 0.05) is 5.54 Å². The van der Waals surface area contributed by atoms with Crippen LogP contribution in [0.4, 0.5) is 0 Å². The van der Waals surface area contributed by atoms with E-state index in [4.69, 9.17) is 9.47 Å². The summed E-state index contributed by atoms with van der Waals surface area (Å²) in [7, 11) is -1.01. The molecule has 0 radical (unpaired) electrons. The minimum Gasteiger partial charge on any atom is -0.355 e. The highest BCUT2D eigenvalue weighted by Gasteiger charge is 2.28. The summed E-state index contributed by atoms with van der Waals surface area (Å²) in [6.07, 6.45) is 0. The maximum absolute atomic E-state index is 5.22. The summed E-state index contributed by atoms with van der Waals surface area (Å²) in [5.41, 5.74) is 0.696. The SMILES string of the molecule is C[Si](C)(C)C1COCOC1. The largest absolute Gasteiger partial charge is 0.355 e. The highest BCUT2D eigenvalue weighted by Crippen LogP contribution is 2.24. The molecule has 3 heteroatoms. The molecule has 1 rings (SSSR count). The first-order valence-corrected chi connectivity index (χ1v) is 7.34. The highest BCUT2D eigenvalue weighted by molar-refractivity contribution is 6.77. The van der Waals surface area contributed by atoms with Gasteiger partial charge < -0.3 is 9.47 Å². The van der Waals surface area contributed by atoms with E-state index in [1.54, 1.807) is 0 Å². The second-order valence-corrected chi connectivity index (χ2v) is 9.47. The lowest BCUT2D eigenvalue weighted by Gasteiger charge is -2.31. The molecule has 1 heterocycles. The molecule has 1 fully saturated rings. The Balaban J connectivity index is 2.39. The van der Waals surface area contributed by atoms with Gasteiger partial charge >= 0.3 is 0 Å². The molecular weight excluding hydrogens is 144 g/mol. The molecule has 0 spiro atoms. The molecule has 0 aromatic heterocycles. The number of hydrogen-bond acceptors (Lipinski definition) is 2. The molecule has 0 atom stereocenters. The fourth-order valence-electron chi connectivity index (χ4n) is 0.988. The van der Waals surface area contributed by atoms with Crippen LogP contribution in [0.1, 0.15) is 0 Å². The lowest BCUT2D eigenvalue weighted by atomic mass is 10.4. The fourth-order valence-corrected chi connectivity index (χ4v) is 2.22. The van der Waals surface area contributed by atoms with Crippen LogP contribution in [0.15, 0.2) is 0 Å². The van der Waals surface area contributed by atoms with Crippen molar-refractivity contribution in [3.8, 4) is 0 Å². The van der Waals surface area contributed by atoms with Crippen LogP contribution in [0, 0.1) is 0 Å². The molecule has 1 aliphatic heterocycles. The summed E-state index contributed by atoms with van der Waals surface area (Å²) in [5, 5.41) is 0. The van der Waals surface area contributed by atoms with E-state index in [2.05, 4.69) is 19.6 Å². The maximum Gasteiger partial charge on any atom is 0.146 e. The molecule has 1 saturated heterocycles. The third-order valence-corrected chi connectivity index (χ3v) is 4.81. The minimum atomic E-state index is -1.01. The summed E-state index contributed by atoms with van der Waals surface area (Å²) in [5.74, 6) is 0. The topological polar surface area (TPSA) is 18.5 Å². The van der Waals surface area contributed by atoms with E-state index in [1.807, 2.05) is 0 Å². The number of ether oxygens (including phenoxy) is 2. The summed E-state index contributed by atoms with van der Waals surface area (Å²) >= 11 is 0. The summed E-state index contributed by atoms with van der Waals surface area (Å²) in [4.78, 5) is 0. The van der Waals surface area contributed by atoms with Crippen LogP contribution in [0.3, 0.4) is 0 Å². The summed E-state index contributed by atoms with van der Waals surface area (Å²) in [6, 6.07) is 0. The van der Waals surface area contributed by atoms with Gasteiger partial charge in [-0.1, -0.05) is 19.6 Å². The zero-order chi connectivity index (χ0) is 7.61. The Morgan fingerprint density at radius 2 is 1.60 bits per heavy atom. The van der Waals surface area contributed by atoms with Crippen LogP contribution in [-0.4, -0.2) is 28.1 Å². The lowest BCUT2D eigenvalue weighted by Crippen LogP contribution is -2.37. The molecule has 0 aromatic rings. The molecule has 0 amide bonds. The normalized spacial score (nSPS) is 23.1. The predicted octanol–water partition coefficient (Wildman–Crippen LogP) is 1.70. The van der Waals surface area contributed by atoms with Gasteiger partial charge in [-0.15, -0.1) is 0 Å². The number of hydrogen-bond donors (Lipinski definition) is 0. The Labute approximate surface area is 63.5 Å². The molecular formula is C7H16O2Si. The van der Waals surface area contributed by atoms with Gasteiger partial charge in [-0.2, -0.15) is 0 Å². The molecule has 1 aliphatic rings. The Morgan fingerprint density at radius 3 is 1.90 bits per heavy atom. The Morgan fingerprint density at radius 1 is 1.10 bits per heavy atom. The van der Waals surface area contributed by atoms with E-state index >= 15 is 0 Å². The first kappa shape index (κ1) is 8.24. The third-order valence-electron chi connectivity index (χ3n) is 2.03. The summed E-state index contributed by atoms with van der Waals surface area (Å²) < 4.78 is 10.4. The monoisotopic (exact) mass is 160 g/mol. The first-order chi connectivity index (χ1) is 4.61. The van der Waals surface area contributed by atoms with E-state index in [0.29, 0.717) is 12.3 Å². The molecule has 60 valence electrons. The average Bonchev–Trinajstić information content (AvgIpc) is 1.88. The molecule has 2 nitrogen and oxygen atoms in total. The van der Waals surface area contributed by atoms with Crippen molar-refractivity contribution >= 4 is 8.07 Å². The Kier molecular flexibility index (Phi) is 2.49. The summed E-state index contributed by atoms with van der Waals surface area (Å²) in [6.45, 7) is 9.40. The van der Waals surface area contributed by atoms with Gasteiger partial charge in [-0.25, -0.2) is 0 Å². The van der Waals surface area contributed by atoms with Crippen LogP contribution in [-0.2, 0) is 9.47 Å². The van der Waals surface area contributed by atoms with E-state index in [9.17, 15) is 0 Å². The Hall–Kier alpha value is 0.137. The molecule has 0 unspecified atom stereocenters. The maximum atomic E-state index is 5.22. The van der Waals surface area contributed by atoms with Crippen LogP contribution in [0.2, 0.25) is 25.2 Å². The number of rotatable bonds is 1. The molecule has 10 heavy (non-hydrogen) atoms. The van der Waals surface area contributed by atoms with E-state index in [1.165, 1.54) is 0 Å².